The molecule has 0 spiro atoms. The number of carbonyl (C=O) groups excluding carboxylic acids is 1. The van der Waals surface area contributed by atoms with E-state index in [1.165, 1.54) is 6.08 Å². The molecule has 0 unspecified atom stereocenters. The molecular weight excluding hydrogens is 492 g/mol. The molecule has 2 aromatic carbocycles. The first-order chi connectivity index (χ1) is 19.8. The van der Waals surface area contributed by atoms with Crippen molar-refractivity contribution in [2.24, 2.45) is 20.0 Å². The van der Waals surface area contributed by atoms with Crippen molar-refractivity contribution in [2.45, 2.75) is 0 Å². The second-order valence-electron chi connectivity index (χ2n) is 9.48. The zero-order valence-electron chi connectivity index (χ0n) is 21.4. The van der Waals surface area contributed by atoms with Crippen molar-refractivity contribution in [3.05, 3.63) is 167 Å². The Kier molecular flexibility index (Phi) is 5.87. The molecule has 0 aromatic heterocycles. The van der Waals surface area contributed by atoms with Crippen LogP contribution < -0.4 is 0 Å². The van der Waals surface area contributed by atoms with Gasteiger partial charge in [-0.05, 0) is 78.0 Å². The van der Waals surface area contributed by atoms with Gasteiger partial charge in [0.1, 0.15) is 6.29 Å². The van der Waals surface area contributed by atoms with Crippen molar-refractivity contribution in [2.75, 3.05) is 0 Å². The van der Waals surface area contributed by atoms with Crippen LogP contribution in [0, 0.1) is 0 Å². The third-order valence-corrected chi connectivity index (χ3v) is 6.94. The fourth-order valence-electron chi connectivity index (χ4n) is 5.15. The molecule has 0 amide bonds. The maximum atomic E-state index is 11.3. The molecule has 5 heteroatoms. The third-order valence-electron chi connectivity index (χ3n) is 6.94. The van der Waals surface area contributed by atoms with Crippen LogP contribution in [0.2, 0.25) is 0 Å². The second-order valence-corrected chi connectivity index (χ2v) is 9.48. The summed E-state index contributed by atoms with van der Waals surface area (Å²) in [6.07, 6.45) is 22.0. The van der Waals surface area contributed by atoms with E-state index >= 15 is 0 Å². The molecule has 0 radical (unpaired) electrons. The Morgan fingerprint density at radius 2 is 1.10 bits per heavy atom. The summed E-state index contributed by atoms with van der Waals surface area (Å²) in [6.45, 7) is 0. The molecule has 0 atom stereocenters. The largest absolute Gasteiger partial charge is 0.299 e. The van der Waals surface area contributed by atoms with E-state index in [1.807, 2.05) is 91.1 Å². The van der Waals surface area contributed by atoms with Gasteiger partial charge in [-0.25, -0.2) is 20.0 Å². The van der Waals surface area contributed by atoms with Crippen LogP contribution in [0.15, 0.2) is 176 Å². The summed E-state index contributed by atoms with van der Waals surface area (Å²) < 4.78 is 0. The topological polar surface area (TPSA) is 66.5 Å². The predicted octanol–water partition coefficient (Wildman–Crippen LogP) is 6.76. The standard InChI is InChI=1S/C35H22N4O/c40-21-7-12-27-28-17-19-32(38-28)34(23-8-3-1-4-9-23)30-15-13-25(36-30)22-26-14-16-31(37-26)35(24-10-5-2-6-11-24)33-20-18-29(27)39-33/h1-22H. The van der Waals surface area contributed by atoms with Crippen LogP contribution in [0.5, 0.6) is 0 Å². The van der Waals surface area contributed by atoms with Gasteiger partial charge in [-0.3, -0.25) is 4.79 Å². The van der Waals surface area contributed by atoms with Gasteiger partial charge in [-0.2, -0.15) is 0 Å². The molecule has 2 aromatic rings. The van der Waals surface area contributed by atoms with Crippen LogP contribution in [0.4, 0.5) is 0 Å². The molecule has 0 N–H and O–H groups in total. The summed E-state index contributed by atoms with van der Waals surface area (Å²) in [5.41, 5.74) is 11.0. The lowest BCUT2D eigenvalue weighted by Gasteiger charge is -2.10. The first kappa shape index (κ1) is 23.6. The minimum atomic E-state index is 0.728. The van der Waals surface area contributed by atoms with Crippen molar-refractivity contribution in [1.29, 1.82) is 0 Å². The van der Waals surface area contributed by atoms with Gasteiger partial charge in [-0.1, -0.05) is 60.7 Å². The average Bonchev–Trinajstić information content (AvgIpc) is 3.81. The number of nitrogens with zero attached hydrogens (tertiary/aromatic N) is 4. The molecule has 7 rings (SSSR count). The molecule has 5 aliphatic rings. The average molecular weight is 515 g/mol. The molecule has 0 saturated carbocycles. The molecule has 0 saturated heterocycles. The smallest absolute Gasteiger partial charge is 0.142 e. The van der Waals surface area contributed by atoms with E-state index in [9.17, 15) is 4.79 Å². The first-order valence-corrected chi connectivity index (χ1v) is 13.0. The van der Waals surface area contributed by atoms with Gasteiger partial charge < -0.3 is 0 Å². The van der Waals surface area contributed by atoms with Crippen LogP contribution in [0.1, 0.15) is 11.1 Å². The Hall–Kier alpha value is -5.55. The van der Waals surface area contributed by atoms with Crippen LogP contribution in [-0.4, -0.2) is 29.1 Å². The molecule has 5 nitrogen and oxygen atoms in total. The van der Waals surface area contributed by atoms with Crippen LogP contribution >= 0.6 is 0 Å². The number of carbonyl (C=O) groups is 1. The Morgan fingerprint density at radius 1 is 0.525 bits per heavy atom. The summed E-state index contributed by atoms with van der Waals surface area (Å²) in [7, 11) is 0. The summed E-state index contributed by atoms with van der Waals surface area (Å²) in [6, 6.07) is 20.3. The van der Waals surface area contributed by atoms with Gasteiger partial charge in [-0.15, -0.1) is 0 Å². The molecule has 0 aliphatic carbocycles. The zero-order valence-corrected chi connectivity index (χ0v) is 21.4. The SMILES string of the molecule is O=CC=CC1=C2C=CC(=N2)C(c2ccccc2)=C2C=CC(=N2)C=C2C=CC(=N2)C(c2ccccc2)=C2C=CC1=N2. The summed E-state index contributed by atoms with van der Waals surface area (Å²) in [5.74, 6) is 0. The number of hydrogen-bond donors (Lipinski definition) is 0. The van der Waals surface area contributed by atoms with Crippen molar-refractivity contribution >= 4 is 40.3 Å². The molecule has 188 valence electrons. The van der Waals surface area contributed by atoms with E-state index in [0.717, 1.165) is 79.8 Å². The number of fused-ring (bicyclic) bond motifs is 4. The maximum Gasteiger partial charge on any atom is 0.142 e. The lowest BCUT2D eigenvalue weighted by atomic mass is 9.99. The Bertz CT molecular complexity index is 1830. The lowest BCUT2D eigenvalue weighted by molar-refractivity contribution is -0.104. The molecule has 5 heterocycles. The molecular formula is C35H22N4O. The minimum Gasteiger partial charge on any atom is -0.299 e. The monoisotopic (exact) mass is 514 g/mol. The number of aliphatic imine (C=N–C) groups is 4. The minimum absolute atomic E-state index is 0.728. The third kappa shape index (κ3) is 4.29. The van der Waals surface area contributed by atoms with Gasteiger partial charge in [0, 0.05) is 16.7 Å². The highest BCUT2D eigenvalue weighted by molar-refractivity contribution is 6.34. The van der Waals surface area contributed by atoms with E-state index in [-0.39, 0.29) is 0 Å². The second kappa shape index (κ2) is 9.97. The molecule has 40 heavy (non-hydrogen) atoms. The van der Waals surface area contributed by atoms with E-state index < -0.39 is 0 Å². The van der Waals surface area contributed by atoms with Crippen molar-refractivity contribution in [3.8, 4) is 0 Å². The molecule has 5 aliphatic heterocycles. The van der Waals surface area contributed by atoms with E-state index in [0.29, 0.717) is 0 Å². The van der Waals surface area contributed by atoms with Gasteiger partial charge >= 0.3 is 0 Å². The van der Waals surface area contributed by atoms with Crippen LogP contribution in [0.25, 0.3) is 11.1 Å². The fraction of sp³-hybridized carbons (Fsp3) is 0. The summed E-state index contributed by atoms with van der Waals surface area (Å²) in [4.78, 5) is 31.3. The molecule has 0 fully saturated rings. The lowest BCUT2D eigenvalue weighted by Crippen LogP contribution is -2.02. The van der Waals surface area contributed by atoms with Crippen LogP contribution in [0.3, 0.4) is 0 Å². The summed E-state index contributed by atoms with van der Waals surface area (Å²) in [5, 5.41) is 0. The highest BCUT2D eigenvalue weighted by atomic mass is 16.1. The normalized spacial score (nSPS) is 19.1. The van der Waals surface area contributed by atoms with Crippen molar-refractivity contribution in [3.63, 3.8) is 0 Å². The van der Waals surface area contributed by atoms with Gasteiger partial charge in [0.15, 0.2) is 0 Å². The van der Waals surface area contributed by atoms with E-state index in [1.54, 1.807) is 6.08 Å². The van der Waals surface area contributed by atoms with Gasteiger partial charge in [0.05, 0.1) is 45.6 Å². The Morgan fingerprint density at radius 3 is 1.82 bits per heavy atom. The first-order valence-electron chi connectivity index (χ1n) is 13.0. The number of aldehydes is 1. The van der Waals surface area contributed by atoms with E-state index in [4.69, 9.17) is 20.0 Å². The maximum absolute atomic E-state index is 11.3. The van der Waals surface area contributed by atoms with Gasteiger partial charge in [0.25, 0.3) is 0 Å². The van der Waals surface area contributed by atoms with E-state index in [2.05, 4.69) is 24.3 Å². The highest BCUT2D eigenvalue weighted by Gasteiger charge is 2.23. The van der Waals surface area contributed by atoms with Crippen LogP contribution in [-0.2, 0) is 4.79 Å². The van der Waals surface area contributed by atoms with Gasteiger partial charge in [0.2, 0.25) is 0 Å². The predicted molar refractivity (Wildman–Crippen MR) is 163 cm³/mol. The quantitative estimate of drug-likeness (QED) is 0.328. The molecule has 8 bridgehead atoms. The Balaban J connectivity index is 1.51. The number of hydrogen-bond acceptors (Lipinski definition) is 5. The summed E-state index contributed by atoms with van der Waals surface area (Å²) >= 11 is 0. The van der Waals surface area contributed by atoms with Crippen molar-refractivity contribution < 1.29 is 4.79 Å². The number of allylic oxidation sites excluding steroid dienone is 14. The number of rotatable bonds is 4. The van der Waals surface area contributed by atoms with Crippen molar-refractivity contribution in [1.82, 2.24) is 0 Å². The highest BCUT2D eigenvalue weighted by Crippen LogP contribution is 2.34. The Labute approximate surface area is 231 Å². The fourth-order valence-corrected chi connectivity index (χ4v) is 5.15. The number of benzene rings is 2. The zero-order chi connectivity index (χ0) is 26.9.